The van der Waals surface area contributed by atoms with Crippen LogP contribution in [0.5, 0.6) is 0 Å². The van der Waals surface area contributed by atoms with Crippen LogP contribution in [-0.2, 0) is 19.1 Å². The van der Waals surface area contributed by atoms with E-state index in [0.717, 1.165) is 24.1 Å². The topological polar surface area (TPSA) is 51.1 Å². The molecule has 1 amide bonds. The SMILES string of the molecule is CCc1ccccc1NC(=O)c1ccc(=O)n(Cc2ccc(C(F)(F)F)cc2)c1. The molecular formula is C22H19F3N2O2. The van der Waals surface area contributed by atoms with Gasteiger partial charge in [0.15, 0.2) is 0 Å². The molecule has 4 nitrogen and oxygen atoms in total. The Morgan fingerprint density at radius 3 is 2.34 bits per heavy atom. The van der Waals surface area contributed by atoms with Crippen LogP contribution in [0.15, 0.2) is 71.7 Å². The lowest BCUT2D eigenvalue weighted by atomic mass is 10.1. The van der Waals surface area contributed by atoms with Gasteiger partial charge in [-0.3, -0.25) is 9.59 Å². The Hall–Kier alpha value is -3.35. The zero-order valence-electron chi connectivity index (χ0n) is 15.7. The van der Waals surface area contributed by atoms with E-state index in [2.05, 4.69) is 5.32 Å². The number of carbonyl (C=O) groups excluding carboxylic acids is 1. The molecule has 0 aliphatic heterocycles. The Balaban J connectivity index is 1.81. The molecule has 0 aliphatic rings. The van der Waals surface area contributed by atoms with Crippen LogP contribution in [0.3, 0.4) is 0 Å². The van der Waals surface area contributed by atoms with Gasteiger partial charge in [0.25, 0.3) is 11.5 Å². The Labute approximate surface area is 165 Å². The zero-order chi connectivity index (χ0) is 21.0. The van der Waals surface area contributed by atoms with Crippen molar-refractivity contribution in [1.82, 2.24) is 4.57 Å². The van der Waals surface area contributed by atoms with Gasteiger partial charge in [-0.2, -0.15) is 13.2 Å². The molecule has 0 radical (unpaired) electrons. The normalized spacial score (nSPS) is 11.3. The fourth-order valence-corrected chi connectivity index (χ4v) is 2.93. The van der Waals surface area contributed by atoms with E-state index in [4.69, 9.17) is 0 Å². The van der Waals surface area contributed by atoms with Gasteiger partial charge in [0.05, 0.1) is 17.7 Å². The molecule has 0 fully saturated rings. The quantitative estimate of drug-likeness (QED) is 0.673. The molecule has 29 heavy (non-hydrogen) atoms. The van der Waals surface area contributed by atoms with E-state index in [1.54, 1.807) is 6.07 Å². The molecule has 0 saturated carbocycles. The number of nitrogens with zero attached hydrogens (tertiary/aromatic N) is 1. The third-order valence-corrected chi connectivity index (χ3v) is 4.53. The van der Waals surface area contributed by atoms with E-state index in [9.17, 15) is 22.8 Å². The molecule has 7 heteroatoms. The minimum absolute atomic E-state index is 0.0592. The number of carbonyl (C=O) groups is 1. The van der Waals surface area contributed by atoms with Gasteiger partial charge in [-0.15, -0.1) is 0 Å². The molecule has 1 aromatic heterocycles. The predicted octanol–water partition coefficient (Wildman–Crippen LogP) is 4.73. The Morgan fingerprint density at radius 2 is 1.69 bits per heavy atom. The summed E-state index contributed by atoms with van der Waals surface area (Å²) in [6, 6.07) is 14.7. The summed E-state index contributed by atoms with van der Waals surface area (Å²) in [6.07, 6.45) is -2.25. The highest BCUT2D eigenvalue weighted by molar-refractivity contribution is 6.04. The van der Waals surface area contributed by atoms with Crippen molar-refractivity contribution in [2.45, 2.75) is 26.1 Å². The van der Waals surface area contributed by atoms with Crippen LogP contribution >= 0.6 is 0 Å². The first kappa shape index (κ1) is 20.4. The van der Waals surface area contributed by atoms with Crippen molar-refractivity contribution in [2.75, 3.05) is 5.32 Å². The second-order valence-corrected chi connectivity index (χ2v) is 6.54. The molecule has 3 rings (SSSR count). The molecule has 1 heterocycles. The number of aryl methyl sites for hydroxylation is 1. The lowest BCUT2D eigenvalue weighted by molar-refractivity contribution is -0.137. The third-order valence-electron chi connectivity index (χ3n) is 4.53. The van der Waals surface area contributed by atoms with Gasteiger partial charge in [0.1, 0.15) is 0 Å². The number of hydrogen-bond acceptors (Lipinski definition) is 2. The maximum atomic E-state index is 12.7. The number of hydrogen-bond donors (Lipinski definition) is 1. The molecule has 0 atom stereocenters. The van der Waals surface area contributed by atoms with Crippen molar-refractivity contribution in [1.29, 1.82) is 0 Å². The second kappa shape index (κ2) is 8.34. The number of anilines is 1. The number of alkyl halides is 3. The zero-order valence-corrected chi connectivity index (χ0v) is 15.7. The summed E-state index contributed by atoms with van der Waals surface area (Å²) >= 11 is 0. The van der Waals surface area contributed by atoms with Crippen LogP contribution < -0.4 is 10.9 Å². The van der Waals surface area contributed by atoms with Crippen molar-refractivity contribution in [3.05, 3.63) is 99.5 Å². The first-order chi connectivity index (χ1) is 13.8. The minimum Gasteiger partial charge on any atom is -0.322 e. The Kier molecular flexibility index (Phi) is 5.87. The van der Waals surface area contributed by atoms with Gasteiger partial charge in [-0.05, 0) is 41.8 Å². The summed E-state index contributed by atoms with van der Waals surface area (Å²) in [5.41, 5.74) is 1.38. The van der Waals surface area contributed by atoms with Gasteiger partial charge in [0, 0.05) is 18.0 Å². The van der Waals surface area contributed by atoms with E-state index in [0.29, 0.717) is 11.3 Å². The summed E-state index contributed by atoms with van der Waals surface area (Å²) in [6.45, 7) is 2.04. The van der Waals surface area contributed by atoms with Crippen molar-refractivity contribution >= 4 is 11.6 Å². The molecule has 0 spiro atoms. The van der Waals surface area contributed by atoms with Crippen LogP contribution in [0, 0.1) is 0 Å². The summed E-state index contributed by atoms with van der Waals surface area (Å²) in [7, 11) is 0. The number of pyridine rings is 1. The van der Waals surface area contributed by atoms with E-state index in [-0.39, 0.29) is 23.6 Å². The van der Waals surface area contributed by atoms with E-state index in [1.807, 2.05) is 25.1 Å². The molecular weight excluding hydrogens is 381 g/mol. The first-order valence-corrected chi connectivity index (χ1v) is 9.04. The molecule has 2 aromatic carbocycles. The summed E-state index contributed by atoms with van der Waals surface area (Å²) in [5, 5.41) is 2.83. The molecule has 3 aromatic rings. The van der Waals surface area contributed by atoms with Crippen LogP contribution in [0.4, 0.5) is 18.9 Å². The fraction of sp³-hybridized carbons (Fsp3) is 0.182. The van der Waals surface area contributed by atoms with Gasteiger partial charge in [0.2, 0.25) is 0 Å². The molecule has 0 bridgehead atoms. The highest BCUT2D eigenvalue weighted by Crippen LogP contribution is 2.29. The number of halogens is 3. The average Bonchev–Trinajstić information content (AvgIpc) is 2.69. The highest BCUT2D eigenvalue weighted by atomic mass is 19.4. The average molecular weight is 400 g/mol. The smallest absolute Gasteiger partial charge is 0.322 e. The van der Waals surface area contributed by atoms with Gasteiger partial charge in [-0.1, -0.05) is 37.3 Å². The maximum Gasteiger partial charge on any atom is 0.416 e. The van der Waals surface area contributed by atoms with E-state index in [1.165, 1.54) is 35.0 Å². The first-order valence-electron chi connectivity index (χ1n) is 9.04. The van der Waals surface area contributed by atoms with E-state index >= 15 is 0 Å². The van der Waals surface area contributed by atoms with Crippen LogP contribution in [-0.4, -0.2) is 10.5 Å². The molecule has 0 aliphatic carbocycles. The summed E-state index contributed by atoms with van der Waals surface area (Å²) in [5.74, 6) is -0.368. The van der Waals surface area contributed by atoms with Crippen LogP contribution in [0.1, 0.15) is 34.0 Å². The van der Waals surface area contributed by atoms with Gasteiger partial charge < -0.3 is 9.88 Å². The lowest BCUT2D eigenvalue weighted by Gasteiger charge is -2.12. The maximum absolute atomic E-state index is 12.7. The van der Waals surface area contributed by atoms with Crippen LogP contribution in [0.25, 0.3) is 0 Å². The molecule has 1 N–H and O–H groups in total. The molecule has 150 valence electrons. The summed E-state index contributed by atoms with van der Waals surface area (Å²) < 4.78 is 39.4. The van der Waals surface area contributed by atoms with Gasteiger partial charge >= 0.3 is 6.18 Å². The Bertz CT molecular complexity index is 1070. The molecule has 0 saturated heterocycles. The van der Waals surface area contributed by atoms with Gasteiger partial charge in [-0.25, -0.2) is 0 Å². The van der Waals surface area contributed by atoms with Crippen LogP contribution in [0.2, 0.25) is 0 Å². The lowest BCUT2D eigenvalue weighted by Crippen LogP contribution is -2.22. The molecule has 0 unspecified atom stereocenters. The monoisotopic (exact) mass is 400 g/mol. The number of benzene rings is 2. The van der Waals surface area contributed by atoms with Crippen molar-refractivity contribution < 1.29 is 18.0 Å². The minimum atomic E-state index is -4.41. The number of aromatic nitrogens is 1. The number of amides is 1. The fourth-order valence-electron chi connectivity index (χ4n) is 2.93. The third kappa shape index (κ3) is 4.93. The van der Waals surface area contributed by atoms with Crippen molar-refractivity contribution in [2.24, 2.45) is 0 Å². The Morgan fingerprint density at radius 1 is 1.00 bits per heavy atom. The largest absolute Gasteiger partial charge is 0.416 e. The summed E-state index contributed by atoms with van der Waals surface area (Å²) in [4.78, 5) is 24.7. The predicted molar refractivity (Wildman–Crippen MR) is 105 cm³/mol. The van der Waals surface area contributed by atoms with E-state index < -0.39 is 11.7 Å². The number of rotatable bonds is 5. The van der Waals surface area contributed by atoms with Crippen molar-refractivity contribution in [3.8, 4) is 0 Å². The standard InChI is InChI=1S/C22H19F3N2O2/c1-2-16-5-3-4-6-19(16)26-21(29)17-9-12-20(28)27(14-17)13-15-7-10-18(11-8-15)22(23,24)25/h3-12,14H,2,13H2,1H3,(H,26,29). The second-order valence-electron chi connectivity index (χ2n) is 6.54. The number of para-hydroxylation sites is 1. The highest BCUT2D eigenvalue weighted by Gasteiger charge is 2.29. The number of nitrogens with one attached hydrogen (secondary N) is 1. The van der Waals surface area contributed by atoms with Crippen molar-refractivity contribution in [3.63, 3.8) is 0 Å².